The van der Waals surface area contributed by atoms with Crippen LogP contribution >= 0.6 is 17.7 Å². The average Bonchev–Trinajstić information content (AvgIpc) is 2.69. The number of fused-ring (bicyclic) bond motifs is 1. The second-order valence-corrected chi connectivity index (χ2v) is 10.7. The molecule has 0 aromatic heterocycles. The Morgan fingerprint density at radius 1 is 0.560 bits per heavy atom. The van der Waals surface area contributed by atoms with Gasteiger partial charge in [0.15, 0.2) is 6.34 Å². The van der Waals surface area contributed by atoms with E-state index in [0.29, 0.717) is 0 Å². The number of rotatable bonds is 4. The van der Waals surface area contributed by atoms with Crippen molar-refractivity contribution < 1.29 is 4.57 Å². The number of hydrogen-bond acceptors (Lipinski definition) is 2. The van der Waals surface area contributed by atoms with Crippen molar-refractivity contribution in [1.82, 2.24) is 0 Å². The van der Waals surface area contributed by atoms with Crippen LogP contribution in [0.25, 0.3) is 10.8 Å². The minimum atomic E-state index is -2.81. The molecule has 0 aliphatic carbocycles. The Bertz CT molecular complexity index is 1000. The zero-order chi connectivity index (χ0) is 17.1. The van der Waals surface area contributed by atoms with E-state index in [4.69, 9.17) is 0 Å². The van der Waals surface area contributed by atoms with Gasteiger partial charge in [-0.2, -0.15) is 0 Å². The summed E-state index contributed by atoms with van der Waals surface area (Å²) in [4.78, 5) is 1.02. The number of benzene rings is 4. The average molecular weight is 360 g/mol. The molecule has 4 aromatic carbocycles. The van der Waals surface area contributed by atoms with Crippen molar-refractivity contribution in [3.63, 3.8) is 0 Å². The second-order valence-electron chi connectivity index (χ2n) is 5.82. The summed E-state index contributed by atoms with van der Waals surface area (Å²) in [5.74, 6) is 0. The highest BCUT2D eigenvalue weighted by Gasteiger charge is 2.28. The van der Waals surface area contributed by atoms with E-state index < -0.39 is 6.34 Å². The topological polar surface area (TPSA) is 17.1 Å². The van der Waals surface area contributed by atoms with E-state index in [1.165, 1.54) is 22.2 Å². The van der Waals surface area contributed by atoms with Gasteiger partial charge in [-0.05, 0) is 22.9 Å². The van der Waals surface area contributed by atoms with Crippen molar-refractivity contribution in [3.8, 4) is 0 Å². The van der Waals surface area contributed by atoms with Gasteiger partial charge in [0.2, 0.25) is 0 Å². The van der Waals surface area contributed by atoms with Gasteiger partial charge in [-0.15, -0.1) is 0 Å². The molecule has 0 aliphatic heterocycles. The molecule has 0 amide bonds. The first-order valence-electron chi connectivity index (χ1n) is 8.15. The van der Waals surface area contributed by atoms with Gasteiger partial charge in [0.1, 0.15) is 0 Å². The van der Waals surface area contributed by atoms with Crippen LogP contribution in [0, 0.1) is 0 Å². The highest BCUT2D eigenvalue weighted by Crippen LogP contribution is 2.59. The smallest absolute Gasteiger partial charge is 0.199 e. The van der Waals surface area contributed by atoms with Crippen molar-refractivity contribution in [2.24, 2.45) is 0 Å². The first-order valence-corrected chi connectivity index (χ1v) is 11.3. The molecular formula is C22H17OPS. The van der Waals surface area contributed by atoms with Crippen molar-refractivity contribution in [3.05, 3.63) is 103 Å². The molecule has 0 saturated heterocycles. The summed E-state index contributed by atoms with van der Waals surface area (Å²) in [6, 6.07) is 34.1. The Morgan fingerprint density at radius 3 is 1.68 bits per heavy atom. The number of hydrogen-bond donors (Lipinski definition) is 0. The SMILES string of the molecule is O=P(Sc1ccc2ccccc2c1)(c1ccccc1)c1ccccc1. The molecule has 4 rings (SSSR count). The summed E-state index contributed by atoms with van der Waals surface area (Å²) in [7, 11) is 0. The maximum absolute atomic E-state index is 14.1. The summed E-state index contributed by atoms with van der Waals surface area (Å²) in [5, 5.41) is 4.11. The summed E-state index contributed by atoms with van der Waals surface area (Å²) in [6.07, 6.45) is -2.81. The minimum absolute atomic E-state index is 0.874. The van der Waals surface area contributed by atoms with E-state index in [9.17, 15) is 4.57 Å². The fourth-order valence-electron chi connectivity index (χ4n) is 2.88. The van der Waals surface area contributed by atoms with E-state index in [0.717, 1.165) is 15.5 Å². The lowest BCUT2D eigenvalue weighted by molar-refractivity contribution is 0.595. The standard InChI is InChI=1S/C22H17OPS/c23-24(20-11-3-1-4-12-20,21-13-5-2-6-14-21)25-22-16-15-18-9-7-8-10-19(18)17-22/h1-17H. The Kier molecular flexibility index (Phi) is 4.48. The highest BCUT2D eigenvalue weighted by atomic mass is 32.7. The molecule has 0 bridgehead atoms. The second kappa shape index (κ2) is 6.92. The van der Waals surface area contributed by atoms with Crippen molar-refractivity contribution >= 4 is 39.1 Å². The maximum atomic E-state index is 14.1. The Balaban J connectivity index is 1.82. The lowest BCUT2D eigenvalue weighted by atomic mass is 10.1. The predicted octanol–water partition coefficient (Wildman–Crippen LogP) is 5.86. The summed E-state index contributed by atoms with van der Waals surface area (Å²) in [6.45, 7) is 0. The van der Waals surface area contributed by atoms with Crippen LogP contribution < -0.4 is 10.6 Å². The van der Waals surface area contributed by atoms with Gasteiger partial charge in [-0.25, -0.2) is 0 Å². The molecule has 0 aliphatic rings. The molecule has 0 N–H and O–H groups in total. The molecule has 122 valence electrons. The van der Waals surface area contributed by atoms with Gasteiger partial charge in [-0.3, -0.25) is 0 Å². The van der Waals surface area contributed by atoms with Crippen LogP contribution in [0.2, 0.25) is 0 Å². The van der Waals surface area contributed by atoms with Gasteiger partial charge in [0, 0.05) is 15.5 Å². The van der Waals surface area contributed by atoms with Crippen LogP contribution in [-0.2, 0) is 4.57 Å². The van der Waals surface area contributed by atoms with Crippen molar-refractivity contribution in [2.75, 3.05) is 0 Å². The Labute approximate surface area is 151 Å². The predicted molar refractivity (Wildman–Crippen MR) is 110 cm³/mol. The molecule has 0 atom stereocenters. The molecule has 0 saturated carbocycles. The first-order chi connectivity index (χ1) is 12.3. The van der Waals surface area contributed by atoms with Crippen LogP contribution in [0.4, 0.5) is 0 Å². The van der Waals surface area contributed by atoms with E-state index in [-0.39, 0.29) is 0 Å². The van der Waals surface area contributed by atoms with Gasteiger partial charge >= 0.3 is 0 Å². The van der Waals surface area contributed by atoms with Crippen molar-refractivity contribution in [1.29, 1.82) is 0 Å². The van der Waals surface area contributed by atoms with Crippen LogP contribution in [0.5, 0.6) is 0 Å². The van der Waals surface area contributed by atoms with E-state index >= 15 is 0 Å². The normalized spacial score (nSPS) is 11.5. The summed E-state index contributed by atoms with van der Waals surface area (Å²) < 4.78 is 14.1. The van der Waals surface area contributed by atoms with E-state index in [2.05, 4.69) is 30.3 Å². The highest BCUT2D eigenvalue weighted by molar-refractivity contribution is 8.62. The molecule has 1 nitrogen and oxygen atoms in total. The molecule has 25 heavy (non-hydrogen) atoms. The molecule has 0 fully saturated rings. The van der Waals surface area contributed by atoms with Gasteiger partial charge in [0.05, 0.1) is 0 Å². The van der Waals surface area contributed by atoms with Crippen LogP contribution in [-0.4, -0.2) is 0 Å². The zero-order valence-electron chi connectivity index (χ0n) is 13.6. The fraction of sp³-hybridized carbons (Fsp3) is 0. The monoisotopic (exact) mass is 360 g/mol. The summed E-state index contributed by atoms with van der Waals surface area (Å²) >= 11 is 1.47. The molecular weight excluding hydrogens is 343 g/mol. The third-order valence-electron chi connectivity index (χ3n) is 4.15. The van der Waals surface area contributed by atoms with Gasteiger partial charge in [0.25, 0.3) is 0 Å². The molecule has 0 radical (unpaired) electrons. The van der Waals surface area contributed by atoms with Gasteiger partial charge < -0.3 is 4.57 Å². The van der Waals surface area contributed by atoms with Crippen LogP contribution in [0.3, 0.4) is 0 Å². The minimum Gasteiger partial charge on any atom is -0.302 e. The quantitative estimate of drug-likeness (QED) is 0.424. The molecule has 0 unspecified atom stereocenters. The molecule has 4 aromatic rings. The lowest BCUT2D eigenvalue weighted by Crippen LogP contribution is -2.13. The maximum Gasteiger partial charge on any atom is 0.199 e. The Morgan fingerprint density at radius 2 is 1.08 bits per heavy atom. The first kappa shape index (κ1) is 16.2. The van der Waals surface area contributed by atoms with Crippen molar-refractivity contribution in [2.45, 2.75) is 4.90 Å². The van der Waals surface area contributed by atoms with Crippen LogP contribution in [0.1, 0.15) is 0 Å². The van der Waals surface area contributed by atoms with Crippen LogP contribution in [0.15, 0.2) is 108 Å². The van der Waals surface area contributed by atoms with E-state index in [1.54, 1.807) is 0 Å². The van der Waals surface area contributed by atoms with Gasteiger partial charge in [-0.1, -0.05) is 102 Å². The zero-order valence-corrected chi connectivity index (χ0v) is 15.3. The molecule has 0 heterocycles. The fourth-order valence-corrected chi connectivity index (χ4v) is 7.71. The largest absolute Gasteiger partial charge is 0.302 e. The Hall–Kier alpha value is -2.28. The lowest BCUT2D eigenvalue weighted by Gasteiger charge is -2.19. The summed E-state index contributed by atoms with van der Waals surface area (Å²) in [5.41, 5.74) is 0. The third kappa shape index (κ3) is 3.28. The van der Waals surface area contributed by atoms with E-state index in [1.807, 2.05) is 72.8 Å². The molecule has 3 heteroatoms. The third-order valence-corrected chi connectivity index (χ3v) is 9.49. The molecule has 0 spiro atoms.